The van der Waals surface area contributed by atoms with E-state index in [1.807, 2.05) is 35.0 Å². The third kappa shape index (κ3) is 2.08. The molecule has 0 aliphatic carbocycles. The van der Waals surface area contributed by atoms with Gasteiger partial charge in [0.2, 0.25) is 0 Å². The van der Waals surface area contributed by atoms with Crippen molar-refractivity contribution in [1.29, 1.82) is 0 Å². The van der Waals surface area contributed by atoms with Gasteiger partial charge in [0.05, 0.1) is 11.3 Å². The molecular weight excluding hydrogens is 240 g/mol. The number of imidazole rings is 1. The molecule has 19 heavy (non-hydrogen) atoms. The number of carbonyl (C=O) groups excluding carboxylic acids is 1. The Morgan fingerprint density at radius 3 is 2.84 bits per heavy atom. The average molecular weight is 252 g/mol. The minimum absolute atomic E-state index is 0.259. The summed E-state index contributed by atoms with van der Waals surface area (Å²) in [6, 6.07) is 10.7. The molecule has 3 aromatic rings. The predicted octanol–water partition coefficient (Wildman–Crippen LogP) is 2.44. The number of aromatic nitrogens is 2. The van der Waals surface area contributed by atoms with Gasteiger partial charge < -0.3 is 9.51 Å². The van der Waals surface area contributed by atoms with E-state index in [9.17, 15) is 9.90 Å². The smallest absolute Gasteiger partial charge is 0.153 e. The van der Waals surface area contributed by atoms with Crippen LogP contribution in [0.2, 0.25) is 0 Å². The number of pyridine rings is 1. The molecule has 0 bridgehead atoms. The number of hydrogen-bond acceptors (Lipinski definition) is 3. The highest BCUT2D eigenvalue weighted by Crippen LogP contribution is 2.20. The van der Waals surface area contributed by atoms with Crippen LogP contribution in [0.4, 0.5) is 0 Å². The van der Waals surface area contributed by atoms with Crippen LogP contribution >= 0.6 is 0 Å². The maximum absolute atomic E-state index is 10.9. The van der Waals surface area contributed by atoms with Crippen molar-refractivity contribution in [3.8, 4) is 5.75 Å². The highest BCUT2D eigenvalue weighted by atomic mass is 16.3. The first-order valence-corrected chi connectivity index (χ1v) is 5.96. The highest BCUT2D eigenvalue weighted by Gasteiger charge is 2.08. The van der Waals surface area contributed by atoms with E-state index in [4.69, 9.17) is 0 Å². The molecule has 0 saturated carbocycles. The number of phenols is 1. The van der Waals surface area contributed by atoms with Crippen molar-refractivity contribution in [3.63, 3.8) is 0 Å². The Hall–Kier alpha value is -2.62. The summed E-state index contributed by atoms with van der Waals surface area (Å²) in [5, 5.41) is 9.76. The van der Waals surface area contributed by atoms with Crippen molar-refractivity contribution in [2.24, 2.45) is 0 Å². The molecule has 0 aliphatic rings. The van der Waals surface area contributed by atoms with Crippen LogP contribution < -0.4 is 0 Å². The van der Waals surface area contributed by atoms with Crippen LogP contribution in [0.25, 0.3) is 5.65 Å². The van der Waals surface area contributed by atoms with Gasteiger partial charge in [0, 0.05) is 18.8 Å². The van der Waals surface area contributed by atoms with Gasteiger partial charge in [-0.05, 0) is 23.8 Å². The first-order chi connectivity index (χ1) is 9.28. The number of nitrogens with zero attached hydrogens (tertiary/aromatic N) is 2. The zero-order valence-corrected chi connectivity index (χ0v) is 10.2. The van der Waals surface area contributed by atoms with E-state index in [0.29, 0.717) is 17.6 Å². The molecule has 0 fully saturated rings. The molecule has 0 atom stereocenters. The van der Waals surface area contributed by atoms with Crippen LogP contribution in [0.3, 0.4) is 0 Å². The number of carbonyl (C=O) groups is 1. The Bertz CT molecular complexity index is 747. The Balaban J connectivity index is 2.03. The van der Waals surface area contributed by atoms with E-state index < -0.39 is 0 Å². The van der Waals surface area contributed by atoms with Crippen LogP contribution in [0.5, 0.6) is 5.75 Å². The number of aromatic hydroxyl groups is 1. The van der Waals surface area contributed by atoms with Gasteiger partial charge in [0.15, 0.2) is 6.29 Å². The maximum Gasteiger partial charge on any atom is 0.153 e. The second-order valence-electron chi connectivity index (χ2n) is 4.35. The predicted molar refractivity (Wildman–Crippen MR) is 71.5 cm³/mol. The van der Waals surface area contributed by atoms with Gasteiger partial charge in [-0.1, -0.05) is 18.2 Å². The fourth-order valence-corrected chi connectivity index (χ4v) is 2.12. The normalized spacial score (nSPS) is 10.7. The quantitative estimate of drug-likeness (QED) is 0.728. The van der Waals surface area contributed by atoms with E-state index in [2.05, 4.69) is 4.98 Å². The molecule has 0 amide bonds. The molecule has 0 spiro atoms. The fourth-order valence-electron chi connectivity index (χ4n) is 2.12. The van der Waals surface area contributed by atoms with Gasteiger partial charge >= 0.3 is 0 Å². The zero-order chi connectivity index (χ0) is 13.2. The van der Waals surface area contributed by atoms with Gasteiger partial charge in [-0.25, -0.2) is 4.98 Å². The lowest BCUT2D eigenvalue weighted by Crippen LogP contribution is -1.89. The molecular formula is C15H12N2O2. The lowest BCUT2D eigenvalue weighted by molar-refractivity contribution is 0.112. The second kappa shape index (κ2) is 4.57. The van der Waals surface area contributed by atoms with Gasteiger partial charge in [0.1, 0.15) is 11.4 Å². The molecule has 4 heteroatoms. The van der Waals surface area contributed by atoms with Crippen LogP contribution in [-0.4, -0.2) is 20.8 Å². The number of benzene rings is 1. The van der Waals surface area contributed by atoms with Crippen molar-refractivity contribution in [2.75, 3.05) is 0 Å². The number of rotatable bonds is 3. The largest absolute Gasteiger partial charge is 0.508 e. The zero-order valence-electron chi connectivity index (χ0n) is 10.2. The SMILES string of the molecule is O=Cc1cccn2cc(Cc3ccccc3O)nc12. The lowest BCUT2D eigenvalue weighted by Gasteiger charge is -2.00. The van der Waals surface area contributed by atoms with Crippen molar-refractivity contribution in [2.45, 2.75) is 6.42 Å². The van der Waals surface area contributed by atoms with Crippen LogP contribution in [-0.2, 0) is 6.42 Å². The van der Waals surface area contributed by atoms with E-state index in [-0.39, 0.29) is 5.75 Å². The lowest BCUT2D eigenvalue weighted by atomic mass is 10.1. The maximum atomic E-state index is 10.9. The molecule has 0 aliphatic heterocycles. The third-order valence-electron chi connectivity index (χ3n) is 3.05. The summed E-state index contributed by atoms with van der Waals surface area (Å²) in [4.78, 5) is 15.4. The molecule has 0 unspecified atom stereocenters. The number of fused-ring (bicyclic) bond motifs is 1. The summed E-state index contributed by atoms with van der Waals surface area (Å²) in [5.41, 5.74) is 2.84. The molecule has 94 valence electrons. The number of aldehydes is 1. The van der Waals surface area contributed by atoms with Crippen molar-refractivity contribution in [3.05, 3.63) is 65.6 Å². The topological polar surface area (TPSA) is 54.6 Å². The summed E-state index contributed by atoms with van der Waals surface area (Å²) in [6.07, 6.45) is 5.05. The molecule has 4 nitrogen and oxygen atoms in total. The Morgan fingerprint density at radius 2 is 2.05 bits per heavy atom. The average Bonchev–Trinajstić information content (AvgIpc) is 2.83. The van der Waals surface area contributed by atoms with Crippen molar-refractivity contribution >= 4 is 11.9 Å². The summed E-state index contributed by atoms with van der Waals surface area (Å²) < 4.78 is 1.82. The molecule has 1 N–H and O–H groups in total. The molecule has 0 radical (unpaired) electrons. The molecule has 2 aromatic heterocycles. The van der Waals surface area contributed by atoms with Crippen molar-refractivity contribution < 1.29 is 9.90 Å². The summed E-state index contributed by atoms with van der Waals surface area (Å²) in [6.45, 7) is 0. The molecule has 2 heterocycles. The van der Waals surface area contributed by atoms with Gasteiger partial charge in [-0.2, -0.15) is 0 Å². The molecule has 3 rings (SSSR count). The molecule has 0 saturated heterocycles. The first kappa shape index (κ1) is 11.5. The second-order valence-corrected chi connectivity index (χ2v) is 4.35. The summed E-state index contributed by atoms with van der Waals surface area (Å²) >= 11 is 0. The fraction of sp³-hybridized carbons (Fsp3) is 0.0667. The standard InChI is InChI=1S/C15H12N2O2/c18-10-12-5-3-7-17-9-13(16-15(12)17)8-11-4-1-2-6-14(11)19/h1-7,9-10,19H,8H2. The van der Waals surface area contributed by atoms with Gasteiger partial charge in [-0.15, -0.1) is 0 Å². The first-order valence-electron chi connectivity index (χ1n) is 5.96. The summed E-state index contributed by atoms with van der Waals surface area (Å²) in [7, 11) is 0. The minimum atomic E-state index is 0.259. The highest BCUT2D eigenvalue weighted by molar-refractivity contribution is 5.84. The van der Waals surface area contributed by atoms with Crippen LogP contribution in [0.1, 0.15) is 21.6 Å². The van der Waals surface area contributed by atoms with E-state index in [1.165, 1.54) is 0 Å². The van der Waals surface area contributed by atoms with Crippen molar-refractivity contribution in [1.82, 2.24) is 9.38 Å². The van der Waals surface area contributed by atoms with Crippen LogP contribution in [0, 0.1) is 0 Å². The number of hydrogen-bond donors (Lipinski definition) is 1. The monoisotopic (exact) mass is 252 g/mol. The van der Waals surface area contributed by atoms with Gasteiger partial charge in [0.25, 0.3) is 0 Å². The summed E-state index contributed by atoms with van der Waals surface area (Å²) in [5.74, 6) is 0.259. The van der Waals surface area contributed by atoms with E-state index in [1.54, 1.807) is 18.2 Å². The van der Waals surface area contributed by atoms with Gasteiger partial charge in [-0.3, -0.25) is 4.79 Å². The van der Waals surface area contributed by atoms with E-state index >= 15 is 0 Å². The number of phenolic OH excluding ortho intramolecular Hbond substituents is 1. The van der Waals surface area contributed by atoms with Crippen LogP contribution in [0.15, 0.2) is 48.8 Å². The Kier molecular flexibility index (Phi) is 2.76. The third-order valence-corrected chi connectivity index (χ3v) is 3.05. The minimum Gasteiger partial charge on any atom is -0.508 e. The Morgan fingerprint density at radius 1 is 1.21 bits per heavy atom. The van der Waals surface area contributed by atoms with E-state index in [0.717, 1.165) is 17.5 Å². The number of para-hydroxylation sites is 1. The molecule has 1 aromatic carbocycles. The Labute approximate surface area is 110 Å².